The van der Waals surface area contributed by atoms with Gasteiger partial charge in [0, 0.05) is 13.1 Å². The molecule has 2 aromatic carbocycles. The van der Waals surface area contributed by atoms with Crippen molar-refractivity contribution in [3.63, 3.8) is 0 Å². The van der Waals surface area contributed by atoms with Crippen LogP contribution < -0.4 is 19.6 Å². The van der Waals surface area contributed by atoms with E-state index in [1.54, 1.807) is 18.2 Å². The zero-order valence-electron chi connectivity index (χ0n) is 15.8. The molecule has 0 aliphatic rings. The number of hydrogen-bond acceptors (Lipinski definition) is 5. The van der Waals surface area contributed by atoms with Gasteiger partial charge in [-0.3, -0.25) is 0 Å². The number of hydrogen-bond donors (Lipinski definition) is 2. The van der Waals surface area contributed by atoms with Gasteiger partial charge in [0.2, 0.25) is 0 Å². The summed E-state index contributed by atoms with van der Waals surface area (Å²) in [6, 6.07) is 6.86. The number of halogens is 3. The molecule has 0 atom stereocenters. The third kappa shape index (κ3) is 5.89. The highest BCUT2D eigenvalue weighted by atomic mass is 32.2. The number of amides is 2. The maximum atomic E-state index is 12.6. The van der Waals surface area contributed by atoms with Crippen molar-refractivity contribution in [2.24, 2.45) is 0 Å². The van der Waals surface area contributed by atoms with E-state index in [1.165, 1.54) is 19.2 Å². The Morgan fingerprint density at radius 3 is 2.38 bits per heavy atom. The normalized spacial score (nSPS) is 11.9. The molecule has 0 heterocycles. The molecule has 160 valence electrons. The van der Waals surface area contributed by atoms with Crippen LogP contribution in [-0.2, 0) is 16.5 Å². The van der Waals surface area contributed by atoms with Crippen LogP contribution in [0.2, 0.25) is 0 Å². The summed E-state index contributed by atoms with van der Waals surface area (Å²) in [6.45, 7) is 2.59. The van der Waals surface area contributed by atoms with Crippen LogP contribution in [0.1, 0.15) is 18.9 Å². The minimum atomic E-state index is -5.80. The Balaban J connectivity index is 2.33. The number of urea groups is 1. The minimum absolute atomic E-state index is 0.178. The Kier molecular flexibility index (Phi) is 7.17. The Hall–Kier alpha value is -2.69. The second kappa shape index (κ2) is 9.21. The molecule has 29 heavy (non-hydrogen) atoms. The Morgan fingerprint density at radius 1 is 1.07 bits per heavy atom. The fourth-order valence-corrected chi connectivity index (χ4v) is 3.00. The molecule has 2 aromatic rings. The summed E-state index contributed by atoms with van der Waals surface area (Å²) in [5, 5.41) is 6.36. The summed E-state index contributed by atoms with van der Waals surface area (Å²) in [4.78, 5) is 11.6. The molecule has 0 saturated carbocycles. The van der Waals surface area contributed by atoms with Gasteiger partial charge in [0.05, 0.1) is 7.11 Å². The van der Waals surface area contributed by atoms with Crippen molar-refractivity contribution in [3.8, 4) is 11.5 Å². The quantitative estimate of drug-likeness (QED) is 0.491. The number of rotatable bonds is 8. The molecule has 0 fully saturated rings. The van der Waals surface area contributed by atoms with E-state index in [0.717, 1.165) is 6.42 Å². The average molecular weight is 434 g/mol. The molecule has 2 rings (SSSR count). The Morgan fingerprint density at radius 2 is 1.76 bits per heavy atom. The van der Waals surface area contributed by atoms with Crippen molar-refractivity contribution >= 4 is 26.9 Å². The maximum Gasteiger partial charge on any atom is 0.534 e. The highest BCUT2D eigenvalue weighted by Crippen LogP contribution is 2.32. The fraction of sp³-hybridized carbons (Fsp3) is 0.389. The number of benzene rings is 2. The summed E-state index contributed by atoms with van der Waals surface area (Å²) < 4.78 is 70.0. The highest BCUT2D eigenvalue weighted by molar-refractivity contribution is 7.88. The molecular weight excluding hydrogens is 413 g/mol. The smallest absolute Gasteiger partial charge is 0.497 e. The van der Waals surface area contributed by atoms with Gasteiger partial charge in [-0.25, -0.2) is 4.79 Å². The van der Waals surface area contributed by atoms with E-state index in [2.05, 4.69) is 14.8 Å². The standard InChI is InChI=1S/C18H21F3N2O5S/c1-3-7-22-17(24)23-8-6-13-10-15(28-29(25,26)18(19,20)21)9-12-4-5-14(27-2)11-16(12)13/h4-5,9-11H,3,6-8H2,1-2H3,(H2,22,23,24). The van der Waals surface area contributed by atoms with Crippen LogP contribution in [0.3, 0.4) is 0 Å². The number of nitrogens with one attached hydrogen (secondary N) is 2. The largest absolute Gasteiger partial charge is 0.534 e. The van der Waals surface area contributed by atoms with Gasteiger partial charge in [-0.1, -0.05) is 13.0 Å². The molecule has 0 aromatic heterocycles. The van der Waals surface area contributed by atoms with E-state index in [4.69, 9.17) is 4.74 Å². The first kappa shape index (κ1) is 22.6. The minimum Gasteiger partial charge on any atom is -0.497 e. The van der Waals surface area contributed by atoms with Crippen molar-refractivity contribution in [1.29, 1.82) is 0 Å². The summed E-state index contributed by atoms with van der Waals surface area (Å²) >= 11 is 0. The van der Waals surface area contributed by atoms with Crippen LogP contribution in [0.4, 0.5) is 18.0 Å². The maximum absolute atomic E-state index is 12.6. The van der Waals surface area contributed by atoms with E-state index in [9.17, 15) is 26.4 Å². The van der Waals surface area contributed by atoms with Crippen LogP contribution in [0.15, 0.2) is 30.3 Å². The van der Waals surface area contributed by atoms with E-state index >= 15 is 0 Å². The zero-order chi connectivity index (χ0) is 21.7. The molecule has 0 aliphatic carbocycles. The van der Waals surface area contributed by atoms with Gasteiger partial charge in [0.1, 0.15) is 11.5 Å². The first-order valence-corrected chi connectivity index (χ1v) is 10.1. The van der Waals surface area contributed by atoms with Gasteiger partial charge < -0.3 is 19.6 Å². The number of carbonyl (C=O) groups excluding carboxylic acids is 1. The molecule has 0 saturated heterocycles. The van der Waals surface area contributed by atoms with Crippen LogP contribution in [0.5, 0.6) is 11.5 Å². The van der Waals surface area contributed by atoms with Crippen LogP contribution >= 0.6 is 0 Å². The number of ether oxygens (including phenoxy) is 1. The molecule has 0 unspecified atom stereocenters. The summed E-state index contributed by atoms with van der Waals surface area (Å²) in [5.74, 6) is 0.0504. The number of alkyl halides is 3. The zero-order valence-corrected chi connectivity index (χ0v) is 16.6. The molecule has 0 bridgehead atoms. The van der Waals surface area contributed by atoms with Crippen LogP contribution in [-0.4, -0.2) is 40.2 Å². The van der Waals surface area contributed by atoms with Crippen molar-refractivity contribution in [2.45, 2.75) is 25.3 Å². The lowest BCUT2D eigenvalue weighted by Crippen LogP contribution is -2.36. The lowest BCUT2D eigenvalue weighted by molar-refractivity contribution is -0.0500. The molecule has 0 radical (unpaired) electrons. The summed E-state index contributed by atoms with van der Waals surface area (Å²) in [7, 11) is -4.33. The van der Waals surface area contributed by atoms with Crippen LogP contribution in [0, 0.1) is 0 Å². The molecule has 2 N–H and O–H groups in total. The summed E-state index contributed by atoms with van der Waals surface area (Å²) in [6.07, 6.45) is 0.997. The van der Waals surface area contributed by atoms with Gasteiger partial charge in [0.25, 0.3) is 0 Å². The van der Waals surface area contributed by atoms with Crippen LogP contribution in [0.25, 0.3) is 10.8 Å². The van der Waals surface area contributed by atoms with Crippen molar-refractivity contribution in [2.75, 3.05) is 20.2 Å². The lowest BCUT2D eigenvalue weighted by Gasteiger charge is -2.14. The fourth-order valence-electron chi connectivity index (χ4n) is 2.55. The van der Waals surface area contributed by atoms with Gasteiger partial charge in [-0.2, -0.15) is 21.6 Å². The number of fused-ring (bicyclic) bond motifs is 1. The first-order valence-electron chi connectivity index (χ1n) is 8.70. The molecule has 2 amide bonds. The van der Waals surface area contributed by atoms with Crippen molar-refractivity contribution < 1.29 is 35.3 Å². The van der Waals surface area contributed by atoms with E-state index in [0.29, 0.717) is 28.6 Å². The predicted octanol–water partition coefficient (Wildman–Crippen LogP) is 3.33. The Labute approximate surface area is 166 Å². The number of carbonyl (C=O) groups is 1. The van der Waals surface area contributed by atoms with Crippen molar-refractivity contribution in [1.82, 2.24) is 10.6 Å². The second-order valence-corrected chi connectivity index (χ2v) is 7.62. The average Bonchev–Trinajstić information content (AvgIpc) is 2.64. The molecule has 0 spiro atoms. The predicted molar refractivity (Wildman–Crippen MR) is 101 cm³/mol. The Bertz CT molecular complexity index is 977. The molecule has 11 heteroatoms. The van der Waals surface area contributed by atoms with E-state index < -0.39 is 21.4 Å². The summed E-state index contributed by atoms with van der Waals surface area (Å²) in [5.41, 5.74) is -5.05. The SMILES string of the molecule is CCCNC(=O)NCCc1cc(OS(=O)(=O)C(F)(F)F)cc2ccc(OC)cc12. The van der Waals surface area contributed by atoms with E-state index in [-0.39, 0.29) is 19.0 Å². The monoisotopic (exact) mass is 434 g/mol. The van der Waals surface area contributed by atoms with Gasteiger partial charge in [-0.15, -0.1) is 0 Å². The lowest BCUT2D eigenvalue weighted by atomic mass is 10.0. The van der Waals surface area contributed by atoms with E-state index in [1.807, 2.05) is 6.92 Å². The highest BCUT2D eigenvalue weighted by Gasteiger charge is 2.48. The topological polar surface area (TPSA) is 93.7 Å². The first-order chi connectivity index (χ1) is 13.6. The number of methoxy groups -OCH3 is 1. The van der Waals surface area contributed by atoms with Crippen molar-refractivity contribution in [3.05, 3.63) is 35.9 Å². The molecular formula is C18H21F3N2O5S. The molecule has 7 nitrogen and oxygen atoms in total. The third-order valence-corrected chi connectivity index (χ3v) is 4.90. The third-order valence-electron chi connectivity index (χ3n) is 3.93. The second-order valence-electron chi connectivity index (χ2n) is 6.09. The van der Waals surface area contributed by atoms with Gasteiger partial charge in [0.15, 0.2) is 0 Å². The van der Waals surface area contributed by atoms with Gasteiger partial charge >= 0.3 is 21.7 Å². The van der Waals surface area contributed by atoms with Gasteiger partial charge in [-0.05, 0) is 53.4 Å². The molecule has 0 aliphatic heterocycles.